The number of likely N-dealkylation sites (tertiary alicyclic amines) is 1. The van der Waals surface area contributed by atoms with Crippen molar-refractivity contribution in [3.63, 3.8) is 0 Å². The van der Waals surface area contributed by atoms with E-state index >= 15 is 0 Å². The molecule has 1 heterocycles. The van der Waals surface area contributed by atoms with Crippen molar-refractivity contribution in [1.29, 1.82) is 5.26 Å². The molecule has 1 aliphatic heterocycles. The molecule has 1 atom stereocenters. The van der Waals surface area contributed by atoms with Gasteiger partial charge in [-0.15, -0.1) is 0 Å². The highest BCUT2D eigenvalue weighted by atomic mass is 19.4. The molecular formula is C13H11F3N2O. The molecule has 1 aliphatic rings. The zero-order chi connectivity index (χ0) is 14.0. The Morgan fingerprint density at radius 1 is 1.32 bits per heavy atom. The molecule has 19 heavy (non-hydrogen) atoms. The van der Waals surface area contributed by atoms with Crippen molar-refractivity contribution >= 4 is 5.91 Å². The molecule has 0 N–H and O–H groups in total. The minimum Gasteiger partial charge on any atom is -0.323 e. The van der Waals surface area contributed by atoms with E-state index in [0.29, 0.717) is 13.0 Å². The van der Waals surface area contributed by atoms with Crippen LogP contribution < -0.4 is 0 Å². The second-order valence-corrected chi connectivity index (χ2v) is 4.36. The number of benzene rings is 1. The number of halogens is 3. The summed E-state index contributed by atoms with van der Waals surface area (Å²) in [6, 6.07) is 5.61. The van der Waals surface area contributed by atoms with Crippen LogP contribution in [0.2, 0.25) is 0 Å². The molecular weight excluding hydrogens is 257 g/mol. The highest BCUT2D eigenvalue weighted by Gasteiger charge is 2.32. The zero-order valence-electron chi connectivity index (χ0n) is 9.94. The van der Waals surface area contributed by atoms with E-state index in [4.69, 9.17) is 5.26 Å². The Bertz CT molecular complexity index is 516. The number of rotatable bonds is 1. The van der Waals surface area contributed by atoms with Gasteiger partial charge in [-0.2, -0.15) is 18.4 Å². The topological polar surface area (TPSA) is 44.1 Å². The van der Waals surface area contributed by atoms with Crippen molar-refractivity contribution < 1.29 is 18.0 Å². The molecule has 6 heteroatoms. The highest BCUT2D eigenvalue weighted by Crippen LogP contribution is 2.29. The van der Waals surface area contributed by atoms with Gasteiger partial charge in [-0.3, -0.25) is 4.79 Å². The standard InChI is InChI=1S/C13H11F3N2O/c14-13(15,16)10-5-3-9(4-6-10)12(19)18-7-1-2-11(18)8-17/h3-6,11H,1-2,7H2. The Morgan fingerprint density at radius 2 is 1.95 bits per heavy atom. The van der Waals surface area contributed by atoms with Crippen LogP contribution in [0.1, 0.15) is 28.8 Å². The number of hydrogen-bond acceptors (Lipinski definition) is 2. The van der Waals surface area contributed by atoms with Crippen molar-refractivity contribution in [2.45, 2.75) is 25.1 Å². The van der Waals surface area contributed by atoms with Crippen LogP contribution in [0.5, 0.6) is 0 Å². The predicted molar refractivity (Wildman–Crippen MR) is 61.1 cm³/mol. The summed E-state index contributed by atoms with van der Waals surface area (Å²) in [5.41, 5.74) is -0.613. The lowest BCUT2D eigenvalue weighted by molar-refractivity contribution is -0.137. The molecule has 0 bridgehead atoms. The average molecular weight is 268 g/mol. The maximum atomic E-state index is 12.4. The number of nitriles is 1. The number of carbonyl (C=O) groups excluding carboxylic acids is 1. The second-order valence-electron chi connectivity index (χ2n) is 4.36. The first-order chi connectivity index (χ1) is 8.93. The van der Waals surface area contributed by atoms with E-state index in [-0.39, 0.29) is 5.56 Å². The summed E-state index contributed by atoms with van der Waals surface area (Å²) < 4.78 is 37.2. The van der Waals surface area contributed by atoms with Gasteiger partial charge in [-0.05, 0) is 37.1 Å². The Hall–Kier alpha value is -2.03. The molecule has 1 aromatic carbocycles. The van der Waals surface area contributed by atoms with Crippen LogP contribution in [0.4, 0.5) is 13.2 Å². The molecule has 0 saturated carbocycles. The highest BCUT2D eigenvalue weighted by molar-refractivity contribution is 5.94. The van der Waals surface area contributed by atoms with E-state index < -0.39 is 23.7 Å². The van der Waals surface area contributed by atoms with Crippen LogP contribution in [0.3, 0.4) is 0 Å². The first-order valence-corrected chi connectivity index (χ1v) is 5.81. The van der Waals surface area contributed by atoms with Gasteiger partial charge in [0.2, 0.25) is 0 Å². The molecule has 0 spiro atoms. The molecule has 0 aromatic heterocycles. The third-order valence-corrected chi connectivity index (χ3v) is 3.12. The van der Waals surface area contributed by atoms with E-state index in [9.17, 15) is 18.0 Å². The zero-order valence-corrected chi connectivity index (χ0v) is 9.94. The second kappa shape index (κ2) is 4.92. The molecule has 1 fully saturated rings. The van der Waals surface area contributed by atoms with Crippen LogP contribution in [0, 0.1) is 11.3 Å². The fraction of sp³-hybridized carbons (Fsp3) is 0.385. The van der Waals surface area contributed by atoms with E-state index in [2.05, 4.69) is 0 Å². The fourth-order valence-electron chi connectivity index (χ4n) is 2.11. The van der Waals surface area contributed by atoms with Gasteiger partial charge in [0.15, 0.2) is 0 Å². The van der Waals surface area contributed by atoms with Crippen LogP contribution in [-0.2, 0) is 6.18 Å². The lowest BCUT2D eigenvalue weighted by Crippen LogP contribution is -2.34. The maximum absolute atomic E-state index is 12.4. The molecule has 1 saturated heterocycles. The molecule has 1 amide bonds. The minimum absolute atomic E-state index is 0.176. The summed E-state index contributed by atoms with van der Waals surface area (Å²) >= 11 is 0. The first-order valence-electron chi connectivity index (χ1n) is 5.81. The molecule has 0 radical (unpaired) electrons. The molecule has 0 aliphatic carbocycles. The van der Waals surface area contributed by atoms with Crippen LogP contribution in [0.15, 0.2) is 24.3 Å². The van der Waals surface area contributed by atoms with Crippen LogP contribution in [-0.4, -0.2) is 23.4 Å². The largest absolute Gasteiger partial charge is 0.416 e. The average Bonchev–Trinajstić information content (AvgIpc) is 2.85. The van der Waals surface area contributed by atoms with Crippen molar-refractivity contribution in [2.75, 3.05) is 6.54 Å². The van der Waals surface area contributed by atoms with Crippen molar-refractivity contribution in [3.8, 4) is 6.07 Å². The van der Waals surface area contributed by atoms with Gasteiger partial charge in [-0.1, -0.05) is 0 Å². The van der Waals surface area contributed by atoms with Gasteiger partial charge in [0.1, 0.15) is 6.04 Å². The van der Waals surface area contributed by atoms with E-state index in [0.717, 1.165) is 30.7 Å². The number of alkyl halides is 3. The van der Waals surface area contributed by atoms with Crippen LogP contribution >= 0.6 is 0 Å². The number of amides is 1. The Morgan fingerprint density at radius 3 is 2.47 bits per heavy atom. The summed E-state index contributed by atoms with van der Waals surface area (Å²) in [5.74, 6) is -0.391. The summed E-state index contributed by atoms with van der Waals surface area (Å²) in [7, 11) is 0. The van der Waals surface area contributed by atoms with Crippen molar-refractivity contribution in [3.05, 3.63) is 35.4 Å². The molecule has 100 valence electrons. The molecule has 1 unspecified atom stereocenters. The fourth-order valence-corrected chi connectivity index (χ4v) is 2.11. The lowest BCUT2D eigenvalue weighted by Gasteiger charge is -2.19. The minimum atomic E-state index is -4.41. The third-order valence-electron chi connectivity index (χ3n) is 3.12. The Balaban J connectivity index is 2.19. The van der Waals surface area contributed by atoms with Gasteiger partial charge in [0.05, 0.1) is 11.6 Å². The first kappa shape index (κ1) is 13.4. The third kappa shape index (κ3) is 2.70. The van der Waals surface area contributed by atoms with Gasteiger partial charge in [0, 0.05) is 12.1 Å². The lowest BCUT2D eigenvalue weighted by atomic mass is 10.1. The molecule has 1 aromatic rings. The van der Waals surface area contributed by atoms with E-state index in [1.807, 2.05) is 6.07 Å². The predicted octanol–water partition coefficient (Wildman–Crippen LogP) is 2.83. The number of hydrogen-bond donors (Lipinski definition) is 0. The van der Waals surface area contributed by atoms with Crippen molar-refractivity contribution in [1.82, 2.24) is 4.90 Å². The monoisotopic (exact) mass is 268 g/mol. The van der Waals surface area contributed by atoms with Gasteiger partial charge < -0.3 is 4.90 Å². The maximum Gasteiger partial charge on any atom is 0.416 e. The molecule has 3 nitrogen and oxygen atoms in total. The smallest absolute Gasteiger partial charge is 0.323 e. The SMILES string of the molecule is N#CC1CCCN1C(=O)c1ccc(C(F)(F)F)cc1. The van der Waals surface area contributed by atoms with Crippen LogP contribution in [0.25, 0.3) is 0 Å². The normalized spacial score (nSPS) is 19.3. The summed E-state index contributed by atoms with van der Waals surface area (Å²) in [6.45, 7) is 0.470. The van der Waals surface area contributed by atoms with Gasteiger partial charge in [0.25, 0.3) is 5.91 Å². The summed E-state index contributed by atoms with van der Waals surface area (Å²) in [4.78, 5) is 13.5. The Kier molecular flexibility index (Phi) is 3.47. The number of carbonyl (C=O) groups is 1. The van der Waals surface area contributed by atoms with E-state index in [1.54, 1.807) is 0 Å². The number of nitrogens with zero attached hydrogens (tertiary/aromatic N) is 2. The van der Waals surface area contributed by atoms with Gasteiger partial charge in [-0.25, -0.2) is 0 Å². The van der Waals surface area contributed by atoms with Crippen molar-refractivity contribution in [2.24, 2.45) is 0 Å². The molecule has 2 rings (SSSR count). The Labute approximate surface area is 108 Å². The van der Waals surface area contributed by atoms with E-state index in [1.165, 1.54) is 4.90 Å². The summed E-state index contributed by atoms with van der Waals surface area (Å²) in [5, 5.41) is 8.89. The summed E-state index contributed by atoms with van der Waals surface area (Å²) in [6.07, 6.45) is -3.06. The van der Waals surface area contributed by atoms with Gasteiger partial charge >= 0.3 is 6.18 Å². The quantitative estimate of drug-likeness (QED) is 0.786.